The van der Waals surface area contributed by atoms with Crippen LogP contribution < -0.4 is 4.90 Å². The molecule has 0 bridgehead atoms. The number of benzene rings is 1. The van der Waals surface area contributed by atoms with Gasteiger partial charge in [-0.2, -0.15) is 8.42 Å². The fourth-order valence-electron chi connectivity index (χ4n) is 2.34. The lowest BCUT2D eigenvalue weighted by molar-refractivity contribution is 0.597. The summed E-state index contributed by atoms with van der Waals surface area (Å²) in [6, 6.07) is 9.08. The number of fused-ring (bicyclic) bond motifs is 1. The first kappa shape index (κ1) is 13.8. The van der Waals surface area contributed by atoms with Crippen molar-refractivity contribution in [2.45, 2.75) is 25.7 Å². The van der Waals surface area contributed by atoms with Crippen molar-refractivity contribution in [3.05, 3.63) is 47.7 Å². The van der Waals surface area contributed by atoms with Gasteiger partial charge in [-0.05, 0) is 56.2 Å². The van der Waals surface area contributed by atoms with Crippen LogP contribution >= 0.6 is 0 Å². The van der Waals surface area contributed by atoms with E-state index in [9.17, 15) is 8.42 Å². The first-order valence-corrected chi connectivity index (χ1v) is 7.98. The van der Waals surface area contributed by atoms with E-state index in [1.54, 1.807) is 24.1 Å². The molecule has 3 rings (SSSR count). The zero-order valence-corrected chi connectivity index (χ0v) is 12.8. The third-order valence-electron chi connectivity index (χ3n) is 3.57. The Balaban J connectivity index is 2.25. The standard InChI is InChI=1S/C15H15N3O2S/c1-10-6-7-13(9-11(10)2)18-12(3)17-21(19,20)14-5-4-8-16-15(14)18/h4-9H,1-3H3. The third kappa shape index (κ3) is 2.21. The molecule has 1 aliphatic rings. The van der Waals surface area contributed by atoms with Crippen LogP contribution in [0.2, 0.25) is 0 Å². The van der Waals surface area contributed by atoms with E-state index in [-0.39, 0.29) is 4.90 Å². The fourth-order valence-corrected chi connectivity index (χ4v) is 3.50. The number of hydrogen-bond acceptors (Lipinski definition) is 4. The molecule has 0 fully saturated rings. The van der Waals surface area contributed by atoms with Gasteiger partial charge in [-0.15, -0.1) is 4.40 Å². The van der Waals surface area contributed by atoms with E-state index in [2.05, 4.69) is 9.38 Å². The molecule has 0 saturated carbocycles. The predicted octanol–water partition coefficient (Wildman–Crippen LogP) is 2.96. The van der Waals surface area contributed by atoms with Crippen molar-refractivity contribution in [3.8, 4) is 0 Å². The van der Waals surface area contributed by atoms with Crippen molar-refractivity contribution in [1.29, 1.82) is 0 Å². The average Bonchev–Trinajstić information content (AvgIpc) is 2.42. The van der Waals surface area contributed by atoms with Crippen LogP contribution in [0.1, 0.15) is 18.1 Å². The monoisotopic (exact) mass is 301 g/mol. The van der Waals surface area contributed by atoms with E-state index in [0.29, 0.717) is 11.7 Å². The molecule has 0 atom stereocenters. The van der Waals surface area contributed by atoms with E-state index in [1.165, 1.54) is 11.6 Å². The number of sulfonamides is 1. The van der Waals surface area contributed by atoms with Crippen molar-refractivity contribution < 1.29 is 8.42 Å². The van der Waals surface area contributed by atoms with Crippen LogP contribution in [-0.2, 0) is 10.0 Å². The molecule has 21 heavy (non-hydrogen) atoms. The Hall–Kier alpha value is -2.21. The summed E-state index contributed by atoms with van der Waals surface area (Å²) in [5.74, 6) is 0.790. The number of nitrogens with zero attached hydrogens (tertiary/aromatic N) is 3. The van der Waals surface area contributed by atoms with E-state index < -0.39 is 10.0 Å². The molecule has 6 heteroatoms. The molecular formula is C15H15N3O2S. The first-order valence-electron chi connectivity index (χ1n) is 6.54. The number of rotatable bonds is 1. The topological polar surface area (TPSA) is 62.6 Å². The van der Waals surface area contributed by atoms with Crippen molar-refractivity contribution >= 4 is 27.4 Å². The lowest BCUT2D eigenvalue weighted by atomic mass is 10.1. The molecule has 0 unspecified atom stereocenters. The van der Waals surface area contributed by atoms with Crippen molar-refractivity contribution in [2.24, 2.45) is 4.40 Å². The normalized spacial score (nSPS) is 16.3. The van der Waals surface area contributed by atoms with Crippen LogP contribution in [0.15, 0.2) is 45.8 Å². The van der Waals surface area contributed by atoms with E-state index in [4.69, 9.17) is 0 Å². The molecule has 2 aromatic rings. The second kappa shape index (κ2) is 4.66. The lowest BCUT2D eigenvalue weighted by Crippen LogP contribution is -2.30. The zero-order valence-electron chi connectivity index (χ0n) is 12.0. The largest absolute Gasteiger partial charge is 0.287 e. The van der Waals surface area contributed by atoms with Crippen molar-refractivity contribution in [3.63, 3.8) is 0 Å². The highest BCUT2D eigenvalue weighted by atomic mass is 32.2. The van der Waals surface area contributed by atoms with E-state index in [0.717, 1.165) is 11.3 Å². The molecule has 0 saturated heterocycles. The van der Waals surface area contributed by atoms with E-state index >= 15 is 0 Å². The van der Waals surface area contributed by atoms with Gasteiger partial charge in [0, 0.05) is 11.9 Å². The fraction of sp³-hybridized carbons (Fsp3) is 0.200. The Morgan fingerprint density at radius 2 is 1.81 bits per heavy atom. The average molecular weight is 301 g/mol. The van der Waals surface area contributed by atoms with Crippen molar-refractivity contribution in [1.82, 2.24) is 4.98 Å². The summed E-state index contributed by atoms with van der Waals surface area (Å²) in [5.41, 5.74) is 3.17. The molecule has 1 aromatic carbocycles. The molecule has 1 aromatic heterocycles. The Kier molecular flexibility index (Phi) is 3.06. The quantitative estimate of drug-likeness (QED) is 0.812. The summed E-state index contributed by atoms with van der Waals surface area (Å²) in [7, 11) is -3.67. The smallest absolute Gasteiger partial charge is 0.281 e. The van der Waals surface area contributed by atoms with Gasteiger partial charge in [-0.1, -0.05) is 6.07 Å². The molecule has 5 nitrogen and oxygen atoms in total. The summed E-state index contributed by atoms with van der Waals surface area (Å²) in [5, 5.41) is 0. The van der Waals surface area contributed by atoms with Crippen LogP contribution in [0.25, 0.3) is 0 Å². The molecular weight excluding hydrogens is 286 g/mol. The third-order valence-corrected chi connectivity index (χ3v) is 4.94. The van der Waals surface area contributed by atoms with Gasteiger partial charge in [0.1, 0.15) is 10.7 Å². The maximum absolute atomic E-state index is 12.1. The Morgan fingerprint density at radius 3 is 2.52 bits per heavy atom. The molecule has 2 heterocycles. The van der Waals surface area contributed by atoms with Gasteiger partial charge in [-0.25, -0.2) is 4.98 Å². The molecule has 108 valence electrons. The second-order valence-corrected chi connectivity index (χ2v) is 6.62. The number of pyridine rings is 1. The van der Waals surface area contributed by atoms with Gasteiger partial charge in [0.2, 0.25) is 0 Å². The van der Waals surface area contributed by atoms with Gasteiger partial charge in [0.05, 0.1) is 0 Å². The van der Waals surface area contributed by atoms with Crippen LogP contribution in [0.5, 0.6) is 0 Å². The maximum Gasteiger partial charge on any atom is 0.287 e. The molecule has 0 spiro atoms. The minimum Gasteiger partial charge on any atom is -0.281 e. The van der Waals surface area contributed by atoms with Gasteiger partial charge in [-0.3, -0.25) is 4.90 Å². The second-order valence-electron chi connectivity index (χ2n) is 5.04. The number of aryl methyl sites for hydroxylation is 2. The summed E-state index contributed by atoms with van der Waals surface area (Å²) in [6.45, 7) is 5.72. The molecule has 1 aliphatic heterocycles. The molecule has 0 N–H and O–H groups in total. The van der Waals surface area contributed by atoms with E-state index in [1.807, 2.05) is 32.0 Å². The van der Waals surface area contributed by atoms with Crippen LogP contribution in [0, 0.1) is 13.8 Å². The zero-order chi connectivity index (χ0) is 15.2. The van der Waals surface area contributed by atoms with Crippen LogP contribution in [-0.4, -0.2) is 19.2 Å². The number of amidine groups is 1. The summed E-state index contributed by atoms with van der Waals surface area (Å²) >= 11 is 0. The van der Waals surface area contributed by atoms with Crippen molar-refractivity contribution in [2.75, 3.05) is 4.90 Å². The van der Waals surface area contributed by atoms with Crippen LogP contribution in [0.4, 0.5) is 11.5 Å². The highest BCUT2D eigenvalue weighted by Crippen LogP contribution is 2.35. The number of hydrogen-bond donors (Lipinski definition) is 0. The minimum absolute atomic E-state index is 0.133. The number of anilines is 2. The Labute approximate surface area is 124 Å². The molecule has 0 aliphatic carbocycles. The lowest BCUT2D eigenvalue weighted by Gasteiger charge is -2.28. The summed E-state index contributed by atoms with van der Waals surface area (Å²) < 4.78 is 28.1. The highest BCUT2D eigenvalue weighted by molar-refractivity contribution is 7.90. The van der Waals surface area contributed by atoms with Gasteiger partial charge >= 0.3 is 0 Å². The summed E-state index contributed by atoms with van der Waals surface area (Å²) in [6.07, 6.45) is 1.58. The van der Waals surface area contributed by atoms with Crippen LogP contribution in [0.3, 0.4) is 0 Å². The summed E-state index contributed by atoms with van der Waals surface area (Å²) in [4.78, 5) is 6.14. The van der Waals surface area contributed by atoms with Gasteiger partial charge in [0.25, 0.3) is 10.0 Å². The maximum atomic E-state index is 12.1. The van der Waals surface area contributed by atoms with Gasteiger partial charge in [0.15, 0.2) is 5.82 Å². The highest BCUT2D eigenvalue weighted by Gasteiger charge is 2.30. The Morgan fingerprint density at radius 1 is 1.05 bits per heavy atom. The van der Waals surface area contributed by atoms with Gasteiger partial charge < -0.3 is 0 Å². The minimum atomic E-state index is -3.67. The SMILES string of the molecule is CC1=NS(=O)(=O)c2cccnc2N1c1ccc(C)c(C)c1. The molecule has 0 radical (unpaired) electrons. The molecule has 0 amide bonds. The predicted molar refractivity (Wildman–Crippen MR) is 82.6 cm³/mol. The Bertz CT molecular complexity index is 857. The number of aromatic nitrogens is 1. The first-order chi connectivity index (χ1) is 9.90.